The molecule has 0 radical (unpaired) electrons. The van der Waals surface area contributed by atoms with Crippen molar-refractivity contribution in [2.24, 2.45) is 0 Å². The van der Waals surface area contributed by atoms with Gasteiger partial charge in [0.15, 0.2) is 0 Å². The Balaban J connectivity index is 0.000000406. The molecular formula is C24H23F4N3O3. The molecule has 34 heavy (non-hydrogen) atoms. The average Bonchev–Trinajstić information content (AvgIpc) is 3.23. The Morgan fingerprint density at radius 3 is 2.47 bits per heavy atom. The third-order valence-electron chi connectivity index (χ3n) is 5.47. The minimum absolute atomic E-state index is 0.114. The number of aryl methyl sites for hydroxylation is 2. The number of aromatic nitrogens is 1. The molecule has 1 amide bonds. The minimum Gasteiger partial charge on any atom is -0.475 e. The van der Waals surface area contributed by atoms with Crippen LogP contribution in [0.1, 0.15) is 27.9 Å². The van der Waals surface area contributed by atoms with Gasteiger partial charge in [0.25, 0.3) is 5.91 Å². The lowest BCUT2D eigenvalue weighted by atomic mass is 10.1. The average molecular weight is 477 g/mol. The lowest BCUT2D eigenvalue weighted by molar-refractivity contribution is -0.192. The van der Waals surface area contributed by atoms with Crippen LogP contribution in [-0.4, -0.2) is 52.2 Å². The molecule has 0 spiro atoms. The number of fused-ring (bicyclic) bond motifs is 1. The van der Waals surface area contributed by atoms with Crippen molar-refractivity contribution in [3.8, 4) is 0 Å². The number of alkyl halides is 3. The van der Waals surface area contributed by atoms with E-state index in [0.717, 1.165) is 28.4 Å². The van der Waals surface area contributed by atoms with E-state index in [-0.39, 0.29) is 17.8 Å². The molecule has 2 N–H and O–H groups in total. The van der Waals surface area contributed by atoms with Gasteiger partial charge in [0.05, 0.1) is 0 Å². The second-order valence-electron chi connectivity index (χ2n) is 8.01. The van der Waals surface area contributed by atoms with Gasteiger partial charge in [-0.15, -0.1) is 0 Å². The Labute approximate surface area is 193 Å². The minimum atomic E-state index is -5.08. The number of rotatable bonds is 3. The van der Waals surface area contributed by atoms with E-state index in [1.165, 1.54) is 6.07 Å². The molecule has 1 aliphatic heterocycles. The summed E-state index contributed by atoms with van der Waals surface area (Å²) in [7, 11) is 0. The lowest BCUT2D eigenvalue weighted by Crippen LogP contribution is -2.31. The van der Waals surface area contributed by atoms with Gasteiger partial charge >= 0.3 is 12.1 Å². The highest BCUT2D eigenvalue weighted by Crippen LogP contribution is 2.28. The van der Waals surface area contributed by atoms with Crippen molar-refractivity contribution in [1.82, 2.24) is 9.88 Å². The fourth-order valence-electron chi connectivity index (χ4n) is 3.72. The number of likely N-dealkylation sites (tertiary alicyclic amines) is 1. The van der Waals surface area contributed by atoms with Gasteiger partial charge in [-0.25, -0.2) is 9.18 Å². The molecule has 180 valence electrons. The zero-order chi connectivity index (χ0) is 25.0. The summed E-state index contributed by atoms with van der Waals surface area (Å²) in [5.74, 6) is -3.21. The second kappa shape index (κ2) is 10.1. The Bertz CT molecular complexity index is 1210. The summed E-state index contributed by atoms with van der Waals surface area (Å²) in [6.07, 6.45) is -0.492. The number of hydrogen-bond acceptors (Lipinski definition) is 4. The molecule has 4 rings (SSSR count). The first-order chi connectivity index (χ1) is 16.0. The molecule has 10 heteroatoms. The molecule has 2 heterocycles. The number of carbonyl (C=O) groups excluding carboxylic acids is 1. The fourth-order valence-corrected chi connectivity index (χ4v) is 3.72. The van der Waals surface area contributed by atoms with Crippen LogP contribution in [0.15, 0.2) is 48.8 Å². The molecule has 0 bridgehead atoms. The van der Waals surface area contributed by atoms with Crippen molar-refractivity contribution >= 4 is 28.3 Å². The number of amides is 1. The van der Waals surface area contributed by atoms with E-state index in [1.54, 1.807) is 24.0 Å². The third kappa shape index (κ3) is 5.81. The molecule has 6 nitrogen and oxygen atoms in total. The van der Waals surface area contributed by atoms with Crippen LogP contribution in [0.2, 0.25) is 0 Å². The van der Waals surface area contributed by atoms with Crippen LogP contribution in [0.25, 0.3) is 10.8 Å². The Morgan fingerprint density at radius 1 is 1.12 bits per heavy atom. The predicted octanol–water partition coefficient (Wildman–Crippen LogP) is 4.95. The van der Waals surface area contributed by atoms with Crippen LogP contribution in [0.5, 0.6) is 0 Å². The Morgan fingerprint density at radius 2 is 1.82 bits per heavy atom. The first-order valence-corrected chi connectivity index (χ1v) is 10.4. The summed E-state index contributed by atoms with van der Waals surface area (Å²) in [4.78, 5) is 27.6. The zero-order valence-electron chi connectivity index (χ0n) is 18.5. The standard InChI is InChI=1S/C22H22FN3O.C2HF3O2/c1-14-6-7-16(10-19(14)23)22(27)26-9-8-18(13-26)25-20-5-3-4-17-12-24-11-15(2)21(17)20;3-2(4,5)1(6)7/h3-7,10-12,18,25H,8-9,13H2,1-2H3;(H,6,7). The van der Waals surface area contributed by atoms with E-state index in [1.807, 2.05) is 18.5 Å². The molecule has 1 atom stereocenters. The van der Waals surface area contributed by atoms with Crippen molar-refractivity contribution in [1.29, 1.82) is 0 Å². The zero-order valence-corrected chi connectivity index (χ0v) is 18.5. The van der Waals surface area contributed by atoms with Gasteiger partial charge in [0.1, 0.15) is 5.82 Å². The number of benzene rings is 2. The van der Waals surface area contributed by atoms with Crippen LogP contribution in [0.4, 0.5) is 23.2 Å². The molecule has 1 saturated heterocycles. The number of carbonyl (C=O) groups is 2. The van der Waals surface area contributed by atoms with Gasteiger partial charge in [-0.05, 0) is 49.6 Å². The second-order valence-corrected chi connectivity index (χ2v) is 8.01. The van der Waals surface area contributed by atoms with Crippen LogP contribution in [0, 0.1) is 19.7 Å². The summed E-state index contributed by atoms with van der Waals surface area (Å²) >= 11 is 0. The quantitative estimate of drug-likeness (QED) is 0.522. The number of carboxylic acids is 1. The van der Waals surface area contributed by atoms with Crippen LogP contribution in [0.3, 0.4) is 0 Å². The first-order valence-electron chi connectivity index (χ1n) is 10.4. The highest BCUT2D eigenvalue weighted by atomic mass is 19.4. The Kier molecular flexibility index (Phi) is 7.38. The van der Waals surface area contributed by atoms with E-state index < -0.39 is 12.1 Å². The third-order valence-corrected chi connectivity index (χ3v) is 5.47. The molecule has 1 fully saturated rings. The summed E-state index contributed by atoms with van der Waals surface area (Å²) < 4.78 is 45.5. The number of halogens is 4. The molecule has 1 unspecified atom stereocenters. The maximum absolute atomic E-state index is 13.8. The van der Waals surface area contributed by atoms with Crippen LogP contribution >= 0.6 is 0 Å². The van der Waals surface area contributed by atoms with Crippen molar-refractivity contribution in [2.75, 3.05) is 18.4 Å². The largest absolute Gasteiger partial charge is 0.490 e. The van der Waals surface area contributed by atoms with Gasteiger partial charge in [0, 0.05) is 53.5 Å². The maximum Gasteiger partial charge on any atom is 0.490 e. The molecular weight excluding hydrogens is 454 g/mol. The van der Waals surface area contributed by atoms with E-state index in [0.29, 0.717) is 24.2 Å². The molecule has 2 aromatic carbocycles. The summed E-state index contributed by atoms with van der Waals surface area (Å²) in [5, 5.41) is 13.0. The molecule has 0 saturated carbocycles. The van der Waals surface area contributed by atoms with E-state index >= 15 is 0 Å². The van der Waals surface area contributed by atoms with Gasteiger partial charge in [-0.2, -0.15) is 13.2 Å². The van der Waals surface area contributed by atoms with Crippen LogP contribution < -0.4 is 5.32 Å². The fraction of sp³-hybridized carbons (Fsp3) is 0.292. The van der Waals surface area contributed by atoms with E-state index in [4.69, 9.17) is 9.90 Å². The highest BCUT2D eigenvalue weighted by molar-refractivity contribution is 5.96. The number of nitrogens with one attached hydrogen (secondary N) is 1. The number of anilines is 1. The molecule has 1 aliphatic rings. The van der Waals surface area contributed by atoms with E-state index in [2.05, 4.69) is 29.4 Å². The van der Waals surface area contributed by atoms with Crippen LogP contribution in [-0.2, 0) is 4.79 Å². The molecule has 0 aliphatic carbocycles. The van der Waals surface area contributed by atoms with Gasteiger partial charge in [0.2, 0.25) is 0 Å². The number of carboxylic acid groups (broad SMARTS) is 1. The molecule has 3 aromatic rings. The number of pyridine rings is 1. The number of aliphatic carboxylic acids is 1. The first kappa shape index (κ1) is 24.9. The summed E-state index contributed by atoms with van der Waals surface area (Å²) in [5.41, 5.74) is 3.14. The summed E-state index contributed by atoms with van der Waals surface area (Å²) in [6.45, 7) is 5.02. The topological polar surface area (TPSA) is 82.5 Å². The SMILES string of the molecule is Cc1ccc(C(=O)N2CCC(Nc3cccc4cncc(C)c34)C2)cc1F.O=C(O)C(F)(F)F. The Hall–Kier alpha value is -3.69. The van der Waals surface area contributed by atoms with Crippen molar-refractivity contribution in [3.05, 3.63) is 71.3 Å². The molecule has 1 aromatic heterocycles. The summed E-state index contributed by atoms with van der Waals surface area (Å²) in [6, 6.07) is 11.0. The smallest absolute Gasteiger partial charge is 0.475 e. The predicted molar refractivity (Wildman–Crippen MR) is 119 cm³/mol. The monoisotopic (exact) mass is 477 g/mol. The van der Waals surface area contributed by atoms with E-state index in [9.17, 15) is 22.4 Å². The van der Waals surface area contributed by atoms with Gasteiger partial charge in [-0.3, -0.25) is 9.78 Å². The highest BCUT2D eigenvalue weighted by Gasteiger charge is 2.38. The maximum atomic E-state index is 13.8. The van der Waals surface area contributed by atoms with Gasteiger partial charge in [-0.1, -0.05) is 18.2 Å². The number of hydrogen-bond donors (Lipinski definition) is 2. The van der Waals surface area contributed by atoms with Crippen molar-refractivity contribution in [3.63, 3.8) is 0 Å². The number of nitrogens with zero attached hydrogens (tertiary/aromatic N) is 2. The van der Waals surface area contributed by atoms with Gasteiger partial charge < -0.3 is 15.3 Å². The lowest BCUT2D eigenvalue weighted by Gasteiger charge is -2.19. The normalized spacial score (nSPS) is 15.6. The van der Waals surface area contributed by atoms with Crippen molar-refractivity contribution < 1.29 is 32.3 Å². The van der Waals surface area contributed by atoms with Crippen molar-refractivity contribution in [2.45, 2.75) is 32.5 Å².